The van der Waals surface area contributed by atoms with Crippen LogP contribution in [-0.4, -0.2) is 41.0 Å². The van der Waals surface area contributed by atoms with Crippen LogP contribution in [0.1, 0.15) is 48.8 Å². The number of piperidine rings is 1. The average molecular weight is 482 g/mol. The molecule has 5 rings (SSSR count). The van der Waals surface area contributed by atoms with Gasteiger partial charge in [0.2, 0.25) is 11.8 Å². The van der Waals surface area contributed by atoms with Gasteiger partial charge in [0, 0.05) is 25.9 Å². The van der Waals surface area contributed by atoms with Crippen molar-refractivity contribution >= 4 is 11.8 Å². The van der Waals surface area contributed by atoms with Crippen molar-refractivity contribution in [3.8, 4) is 0 Å². The van der Waals surface area contributed by atoms with E-state index in [1.54, 1.807) is 0 Å². The minimum atomic E-state index is -0.731. The highest BCUT2D eigenvalue weighted by atomic mass is 16.2. The molecule has 2 N–H and O–H groups in total. The molecule has 2 amide bonds. The van der Waals surface area contributed by atoms with E-state index in [2.05, 4.69) is 41.8 Å². The molecule has 1 spiro atoms. The predicted molar refractivity (Wildman–Crippen MR) is 142 cm³/mol. The summed E-state index contributed by atoms with van der Waals surface area (Å²) in [5.74, 6) is 0.107. The van der Waals surface area contributed by atoms with E-state index in [-0.39, 0.29) is 17.7 Å². The first-order valence-electron chi connectivity index (χ1n) is 13.1. The standard InChI is InChI=1S/C31H35N3O2/c1-2-27(26-16-10-5-11-17-26)28(35)34-20-18-31(19-21-34)32-29(36)30(33-31,22-24-12-6-3-7-13-24)23-25-14-8-4-9-15-25/h3-17,27,33H,2,18-23H2,1H3,(H,32,36). The van der Waals surface area contributed by atoms with Crippen molar-refractivity contribution < 1.29 is 9.59 Å². The van der Waals surface area contributed by atoms with Gasteiger partial charge in [-0.1, -0.05) is 97.9 Å². The molecule has 1 atom stereocenters. The lowest BCUT2D eigenvalue weighted by Crippen LogP contribution is -2.61. The van der Waals surface area contributed by atoms with Crippen LogP contribution < -0.4 is 10.6 Å². The van der Waals surface area contributed by atoms with Gasteiger partial charge in [-0.3, -0.25) is 14.9 Å². The van der Waals surface area contributed by atoms with Crippen molar-refractivity contribution in [2.75, 3.05) is 13.1 Å². The second kappa shape index (κ2) is 10.3. The number of carbonyl (C=O) groups excluding carboxylic acids is 2. The molecule has 2 heterocycles. The third-order valence-electron chi connectivity index (χ3n) is 7.80. The summed E-state index contributed by atoms with van der Waals surface area (Å²) in [5, 5.41) is 7.15. The Morgan fingerprint density at radius 1 is 0.833 bits per heavy atom. The normalized spacial score (nSPS) is 19.1. The van der Waals surface area contributed by atoms with Gasteiger partial charge >= 0.3 is 0 Å². The lowest BCUT2D eigenvalue weighted by molar-refractivity contribution is -0.134. The maximum absolute atomic E-state index is 13.7. The second-order valence-corrected chi connectivity index (χ2v) is 10.3. The van der Waals surface area contributed by atoms with Crippen molar-refractivity contribution in [1.29, 1.82) is 0 Å². The fourth-order valence-electron chi connectivity index (χ4n) is 5.90. The average Bonchev–Trinajstić information content (AvgIpc) is 3.16. The maximum Gasteiger partial charge on any atom is 0.242 e. The fraction of sp³-hybridized carbons (Fsp3) is 0.355. The molecule has 5 heteroatoms. The van der Waals surface area contributed by atoms with Crippen LogP contribution in [-0.2, 0) is 22.4 Å². The number of likely N-dealkylation sites (tertiary alicyclic amines) is 1. The van der Waals surface area contributed by atoms with E-state index in [1.807, 2.05) is 71.6 Å². The van der Waals surface area contributed by atoms with Crippen LogP contribution in [0.3, 0.4) is 0 Å². The minimum absolute atomic E-state index is 0.0469. The molecule has 2 fully saturated rings. The monoisotopic (exact) mass is 481 g/mol. The molecule has 2 aliphatic heterocycles. The zero-order valence-electron chi connectivity index (χ0n) is 21.0. The third-order valence-corrected chi connectivity index (χ3v) is 7.80. The Morgan fingerprint density at radius 2 is 1.33 bits per heavy atom. The number of nitrogens with zero attached hydrogens (tertiary/aromatic N) is 1. The molecule has 2 aliphatic rings. The summed E-state index contributed by atoms with van der Waals surface area (Å²) in [5.41, 5.74) is 2.11. The van der Waals surface area contributed by atoms with Crippen LogP contribution in [0.4, 0.5) is 0 Å². The fourth-order valence-corrected chi connectivity index (χ4v) is 5.90. The van der Waals surface area contributed by atoms with Crippen LogP contribution in [0.25, 0.3) is 0 Å². The first-order valence-corrected chi connectivity index (χ1v) is 13.1. The maximum atomic E-state index is 13.7. The van der Waals surface area contributed by atoms with Crippen LogP contribution >= 0.6 is 0 Å². The summed E-state index contributed by atoms with van der Waals surface area (Å²) in [6.07, 6.45) is 3.40. The number of benzene rings is 3. The highest BCUT2D eigenvalue weighted by Crippen LogP contribution is 2.34. The van der Waals surface area contributed by atoms with Crippen LogP contribution in [0.15, 0.2) is 91.0 Å². The number of amides is 2. The molecule has 0 saturated carbocycles. The SMILES string of the molecule is CCC(C(=O)N1CCC2(CC1)NC(=O)C(Cc1ccccc1)(Cc1ccccc1)N2)c1ccccc1. The van der Waals surface area contributed by atoms with Crippen molar-refractivity contribution in [2.45, 2.75) is 56.1 Å². The molecule has 0 aliphatic carbocycles. The largest absolute Gasteiger partial charge is 0.342 e. The highest BCUT2D eigenvalue weighted by Gasteiger charge is 2.54. The molecule has 0 bridgehead atoms. The quantitative estimate of drug-likeness (QED) is 0.524. The van der Waals surface area contributed by atoms with Crippen molar-refractivity contribution in [3.05, 3.63) is 108 Å². The van der Waals surface area contributed by atoms with E-state index < -0.39 is 11.2 Å². The first kappa shape index (κ1) is 24.3. The Kier molecular flexibility index (Phi) is 6.92. The number of nitrogens with one attached hydrogen (secondary N) is 2. The number of rotatable bonds is 7. The van der Waals surface area contributed by atoms with Gasteiger partial charge in [-0.15, -0.1) is 0 Å². The van der Waals surface area contributed by atoms with Gasteiger partial charge in [0.1, 0.15) is 5.54 Å². The van der Waals surface area contributed by atoms with Crippen LogP contribution in [0.5, 0.6) is 0 Å². The van der Waals surface area contributed by atoms with E-state index in [0.717, 1.165) is 23.1 Å². The number of hydrogen-bond acceptors (Lipinski definition) is 3. The summed E-state index contributed by atoms with van der Waals surface area (Å²) >= 11 is 0. The molecular weight excluding hydrogens is 446 g/mol. The van der Waals surface area contributed by atoms with E-state index in [4.69, 9.17) is 0 Å². The molecule has 5 nitrogen and oxygen atoms in total. The zero-order valence-corrected chi connectivity index (χ0v) is 21.0. The Hall–Kier alpha value is -3.44. The van der Waals surface area contributed by atoms with Gasteiger partial charge in [-0.05, 0) is 36.0 Å². The predicted octanol–water partition coefficient (Wildman–Crippen LogP) is 4.44. The summed E-state index contributed by atoms with van der Waals surface area (Å²) in [6, 6.07) is 30.5. The lowest BCUT2D eigenvalue weighted by Gasteiger charge is -2.41. The molecule has 36 heavy (non-hydrogen) atoms. The molecule has 3 aromatic carbocycles. The number of carbonyl (C=O) groups is 2. The molecule has 0 radical (unpaired) electrons. The van der Waals surface area contributed by atoms with Crippen LogP contribution in [0.2, 0.25) is 0 Å². The Morgan fingerprint density at radius 3 is 1.83 bits per heavy atom. The summed E-state index contributed by atoms with van der Waals surface area (Å²) < 4.78 is 0. The molecule has 3 aromatic rings. The van der Waals surface area contributed by atoms with E-state index >= 15 is 0 Å². The molecule has 1 unspecified atom stereocenters. The van der Waals surface area contributed by atoms with Gasteiger partial charge in [0.15, 0.2) is 0 Å². The second-order valence-electron chi connectivity index (χ2n) is 10.3. The van der Waals surface area contributed by atoms with E-state index in [0.29, 0.717) is 38.8 Å². The van der Waals surface area contributed by atoms with Gasteiger partial charge in [-0.25, -0.2) is 0 Å². The lowest BCUT2D eigenvalue weighted by atomic mass is 9.84. The van der Waals surface area contributed by atoms with Crippen molar-refractivity contribution in [3.63, 3.8) is 0 Å². The Bertz CT molecular complexity index is 1130. The number of hydrogen-bond donors (Lipinski definition) is 2. The first-order chi connectivity index (χ1) is 17.5. The van der Waals surface area contributed by atoms with Crippen molar-refractivity contribution in [2.24, 2.45) is 0 Å². The van der Waals surface area contributed by atoms with Crippen molar-refractivity contribution in [1.82, 2.24) is 15.5 Å². The van der Waals surface area contributed by atoms with Gasteiger partial charge in [0.05, 0.1) is 11.6 Å². The highest BCUT2D eigenvalue weighted by molar-refractivity contribution is 5.90. The Labute approximate surface area is 213 Å². The van der Waals surface area contributed by atoms with Gasteiger partial charge in [-0.2, -0.15) is 0 Å². The molecule has 0 aromatic heterocycles. The molecular formula is C31H35N3O2. The van der Waals surface area contributed by atoms with Gasteiger partial charge < -0.3 is 10.2 Å². The summed E-state index contributed by atoms with van der Waals surface area (Å²) in [6.45, 7) is 3.33. The van der Waals surface area contributed by atoms with Gasteiger partial charge in [0.25, 0.3) is 0 Å². The zero-order chi connectivity index (χ0) is 25.0. The van der Waals surface area contributed by atoms with E-state index in [9.17, 15) is 9.59 Å². The van der Waals surface area contributed by atoms with Crippen LogP contribution in [0, 0.1) is 0 Å². The topological polar surface area (TPSA) is 61.4 Å². The molecule has 2 saturated heterocycles. The minimum Gasteiger partial charge on any atom is -0.342 e. The smallest absolute Gasteiger partial charge is 0.242 e. The summed E-state index contributed by atoms with van der Waals surface area (Å²) in [7, 11) is 0. The molecule has 186 valence electrons. The Balaban J connectivity index is 1.33. The van der Waals surface area contributed by atoms with E-state index in [1.165, 1.54) is 0 Å². The summed E-state index contributed by atoms with van der Waals surface area (Å²) in [4.78, 5) is 29.1. The third kappa shape index (κ3) is 4.93.